The largest absolute Gasteiger partial charge is 0.481 e. The van der Waals surface area contributed by atoms with E-state index in [9.17, 15) is 9.59 Å². The van der Waals surface area contributed by atoms with Gasteiger partial charge in [0.15, 0.2) is 5.82 Å². The summed E-state index contributed by atoms with van der Waals surface area (Å²) in [6, 6.07) is 14.9. The van der Waals surface area contributed by atoms with Crippen LogP contribution in [0.2, 0.25) is 10.0 Å². The molecule has 1 amide bonds. The summed E-state index contributed by atoms with van der Waals surface area (Å²) < 4.78 is 0. The number of halogens is 2. The summed E-state index contributed by atoms with van der Waals surface area (Å²) >= 11 is 12.2. The highest BCUT2D eigenvalue weighted by Crippen LogP contribution is 2.35. The SMILES string of the molecule is O=C(O)CCCCCCN1C(=O)CCc2nc(-c3ccc(Cl)cc3)c(-c3ccc(Cl)cc3)nc21. The number of carbonyl (C=O) groups is 2. The van der Waals surface area contributed by atoms with Crippen molar-refractivity contribution in [2.24, 2.45) is 0 Å². The van der Waals surface area contributed by atoms with E-state index in [-0.39, 0.29) is 12.3 Å². The second kappa shape index (κ2) is 11.0. The van der Waals surface area contributed by atoms with Gasteiger partial charge in [-0.05, 0) is 37.1 Å². The quantitative estimate of drug-likeness (QED) is 0.344. The van der Waals surface area contributed by atoms with Crippen LogP contribution in [-0.2, 0) is 16.0 Å². The Kier molecular flexibility index (Phi) is 7.80. The summed E-state index contributed by atoms with van der Waals surface area (Å²) in [5.74, 6) is -0.139. The molecular weight excluding hydrogens is 473 g/mol. The minimum atomic E-state index is -0.776. The number of fused-ring (bicyclic) bond motifs is 1. The molecule has 2 heterocycles. The maximum Gasteiger partial charge on any atom is 0.303 e. The molecule has 0 saturated heterocycles. The molecule has 1 aliphatic rings. The number of hydrogen-bond acceptors (Lipinski definition) is 4. The van der Waals surface area contributed by atoms with E-state index in [0.29, 0.717) is 47.4 Å². The molecule has 6 nitrogen and oxygen atoms in total. The lowest BCUT2D eigenvalue weighted by Gasteiger charge is -2.29. The van der Waals surface area contributed by atoms with E-state index in [1.807, 2.05) is 48.5 Å². The Balaban J connectivity index is 1.66. The van der Waals surface area contributed by atoms with E-state index in [4.69, 9.17) is 38.3 Å². The van der Waals surface area contributed by atoms with Crippen molar-refractivity contribution in [1.82, 2.24) is 9.97 Å². The number of benzene rings is 2. The zero-order valence-corrected chi connectivity index (χ0v) is 20.1. The number of carboxylic acid groups (broad SMARTS) is 1. The van der Waals surface area contributed by atoms with Gasteiger partial charge in [-0.3, -0.25) is 14.5 Å². The van der Waals surface area contributed by atoms with Crippen LogP contribution in [-0.4, -0.2) is 33.5 Å². The summed E-state index contributed by atoms with van der Waals surface area (Å²) in [5.41, 5.74) is 3.97. The summed E-state index contributed by atoms with van der Waals surface area (Å²) in [4.78, 5) is 35.2. The van der Waals surface area contributed by atoms with Gasteiger partial charge in [-0.2, -0.15) is 0 Å². The van der Waals surface area contributed by atoms with Crippen molar-refractivity contribution in [3.05, 3.63) is 64.3 Å². The number of amides is 1. The van der Waals surface area contributed by atoms with Crippen LogP contribution in [0, 0.1) is 0 Å². The van der Waals surface area contributed by atoms with Gasteiger partial charge in [0.1, 0.15) is 0 Å². The molecule has 0 unspecified atom stereocenters. The Hall–Kier alpha value is -2.96. The second-order valence-electron chi connectivity index (χ2n) is 8.31. The summed E-state index contributed by atoms with van der Waals surface area (Å²) in [6.45, 7) is 0.536. The van der Waals surface area contributed by atoms with E-state index in [2.05, 4.69) is 0 Å². The number of anilines is 1. The van der Waals surface area contributed by atoms with Crippen LogP contribution >= 0.6 is 23.2 Å². The summed E-state index contributed by atoms with van der Waals surface area (Å²) in [6.07, 6.45) is 4.20. The highest BCUT2D eigenvalue weighted by atomic mass is 35.5. The monoisotopic (exact) mass is 497 g/mol. The van der Waals surface area contributed by atoms with Crippen LogP contribution in [0.1, 0.15) is 44.2 Å². The van der Waals surface area contributed by atoms with Crippen molar-refractivity contribution in [2.75, 3.05) is 11.4 Å². The van der Waals surface area contributed by atoms with Crippen LogP contribution in [0.4, 0.5) is 5.82 Å². The van der Waals surface area contributed by atoms with Gasteiger partial charge in [-0.1, -0.05) is 60.3 Å². The Morgan fingerprint density at radius 1 is 0.824 bits per heavy atom. The smallest absolute Gasteiger partial charge is 0.303 e. The van der Waals surface area contributed by atoms with Gasteiger partial charge in [0.05, 0.1) is 17.1 Å². The number of hydrogen-bond donors (Lipinski definition) is 1. The summed E-state index contributed by atoms with van der Waals surface area (Å²) in [7, 11) is 0. The number of aryl methyl sites for hydroxylation is 1. The first-order chi connectivity index (χ1) is 16.4. The number of carbonyl (C=O) groups excluding carboxylic acids is 1. The Labute approximate surface area is 208 Å². The number of carboxylic acids is 1. The molecule has 34 heavy (non-hydrogen) atoms. The number of rotatable bonds is 9. The highest BCUT2D eigenvalue weighted by molar-refractivity contribution is 6.31. The fraction of sp³-hybridized carbons (Fsp3) is 0.308. The van der Waals surface area contributed by atoms with Crippen LogP contribution in [0.15, 0.2) is 48.5 Å². The summed E-state index contributed by atoms with van der Waals surface area (Å²) in [5, 5.41) is 10.1. The minimum absolute atomic E-state index is 0.0358. The molecule has 1 N–H and O–H groups in total. The fourth-order valence-electron chi connectivity index (χ4n) is 4.07. The second-order valence-corrected chi connectivity index (χ2v) is 9.18. The van der Waals surface area contributed by atoms with Crippen molar-refractivity contribution in [1.29, 1.82) is 0 Å². The number of unbranched alkanes of at least 4 members (excludes halogenated alkanes) is 3. The third-order valence-corrected chi connectivity index (χ3v) is 6.34. The first-order valence-corrected chi connectivity index (χ1v) is 12.1. The van der Waals surface area contributed by atoms with Crippen molar-refractivity contribution >= 4 is 40.9 Å². The predicted molar refractivity (Wildman–Crippen MR) is 134 cm³/mol. The van der Waals surface area contributed by atoms with E-state index in [0.717, 1.165) is 41.8 Å². The topological polar surface area (TPSA) is 83.4 Å². The highest BCUT2D eigenvalue weighted by Gasteiger charge is 2.28. The molecule has 2 aromatic carbocycles. The first kappa shape index (κ1) is 24.2. The molecular formula is C26H25Cl2N3O3. The van der Waals surface area contributed by atoms with E-state index in [1.165, 1.54) is 0 Å². The van der Waals surface area contributed by atoms with Gasteiger partial charge in [0, 0.05) is 47.0 Å². The van der Waals surface area contributed by atoms with Crippen LogP contribution in [0.3, 0.4) is 0 Å². The zero-order chi connectivity index (χ0) is 24.1. The van der Waals surface area contributed by atoms with Gasteiger partial charge >= 0.3 is 5.97 Å². The average Bonchev–Trinajstić information content (AvgIpc) is 2.82. The third kappa shape index (κ3) is 5.75. The fourth-order valence-corrected chi connectivity index (χ4v) is 4.32. The van der Waals surface area contributed by atoms with Crippen LogP contribution in [0.25, 0.3) is 22.5 Å². The molecule has 176 valence electrons. The zero-order valence-electron chi connectivity index (χ0n) is 18.6. The minimum Gasteiger partial charge on any atom is -0.481 e. The standard InChI is InChI=1S/C26H25Cl2N3O3/c27-19-10-6-17(7-11-19)24-25(18-8-12-20(28)13-9-18)30-26-21(29-24)14-15-22(32)31(26)16-4-2-1-3-5-23(33)34/h6-13H,1-5,14-16H2,(H,33,34). The molecule has 0 fully saturated rings. The number of nitrogens with zero attached hydrogens (tertiary/aromatic N) is 3. The van der Waals surface area contributed by atoms with Crippen LogP contribution in [0.5, 0.6) is 0 Å². The molecule has 4 rings (SSSR count). The molecule has 0 bridgehead atoms. The number of aliphatic carboxylic acids is 1. The van der Waals surface area contributed by atoms with Gasteiger partial charge in [0.2, 0.25) is 5.91 Å². The lowest BCUT2D eigenvalue weighted by atomic mass is 10.0. The number of aromatic nitrogens is 2. The molecule has 0 spiro atoms. The van der Waals surface area contributed by atoms with E-state index < -0.39 is 5.97 Å². The molecule has 0 aliphatic carbocycles. The lowest BCUT2D eigenvalue weighted by molar-refractivity contribution is -0.137. The van der Waals surface area contributed by atoms with Crippen molar-refractivity contribution in [2.45, 2.75) is 44.9 Å². The predicted octanol–water partition coefficient (Wildman–Crippen LogP) is 6.43. The van der Waals surface area contributed by atoms with Crippen LogP contribution < -0.4 is 4.90 Å². The molecule has 1 aromatic heterocycles. The van der Waals surface area contributed by atoms with E-state index in [1.54, 1.807) is 4.90 Å². The molecule has 0 radical (unpaired) electrons. The average molecular weight is 498 g/mol. The lowest BCUT2D eigenvalue weighted by Crippen LogP contribution is -2.37. The molecule has 8 heteroatoms. The Bertz CT molecular complexity index is 1180. The molecule has 1 aliphatic heterocycles. The van der Waals surface area contributed by atoms with E-state index >= 15 is 0 Å². The van der Waals surface area contributed by atoms with Crippen molar-refractivity contribution in [3.8, 4) is 22.5 Å². The maximum atomic E-state index is 12.8. The third-order valence-electron chi connectivity index (χ3n) is 5.84. The first-order valence-electron chi connectivity index (χ1n) is 11.4. The molecule has 0 atom stereocenters. The van der Waals surface area contributed by atoms with Gasteiger partial charge in [0.25, 0.3) is 0 Å². The normalized spacial score (nSPS) is 13.1. The van der Waals surface area contributed by atoms with Gasteiger partial charge in [-0.15, -0.1) is 0 Å². The molecule has 3 aromatic rings. The molecule has 0 saturated carbocycles. The van der Waals surface area contributed by atoms with Gasteiger partial charge < -0.3 is 5.11 Å². The van der Waals surface area contributed by atoms with Gasteiger partial charge in [-0.25, -0.2) is 9.97 Å². The Morgan fingerprint density at radius 3 is 1.97 bits per heavy atom. The van der Waals surface area contributed by atoms with Crippen molar-refractivity contribution in [3.63, 3.8) is 0 Å². The van der Waals surface area contributed by atoms with Crippen molar-refractivity contribution < 1.29 is 14.7 Å². The maximum absolute atomic E-state index is 12.8. The Morgan fingerprint density at radius 2 is 1.38 bits per heavy atom.